The third-order valence-corrected chi connectivity index (χ3v) is 4.21. The van der Waals surface area contributed by atoms with Gasteiger partial charge in [-0.3, -0.25) is 0 Å². The molecule has 1 nitrogen and oxygen atoms in total. The SMILES string of the molecule is CCC(C)(C)OCCC1=CCC2CC1C2. The molecule has 0 N–H and O–H groups in total. The van der Waals surface area contributed by atoms with Gasteiger partial charge < -0.3 is 4.74 Å². The average molecular weight is 208 g/mol. The second kappa shape index (κ2) is 4.29. The predicted molar refractivity (Wildman–Crippen MR) is 63.9 cm³/mol. The number of allylic oxidation sites excluding steroid dienone is 1. The zero-order valence-corrected chi connectivity index (χ0v) is 10.4. The molecule has 1 saturated carbocycles. The van der Waals surface area contributed by atoms with Crippen molar-refractivity contribution < 1.29 is 4.74 Å². The highest BCUT2D eigenvalue weighted by Crippen LogP contribution is 2.46. The van der Waals surface area contributed by atoms with Gasteiger partial charge >= 0.3 is 0 Å². The molecule has 0 aromatic rings. The molecule has 0 radical (unpaired) electrons. The van der Waals surface area contributed by atoms with Gasteiger partial charge in [-0.15, -0.1) is 0 Å². The van der Waals surface area contributed by atoms with Crippen LogP contribution in [0, 0.1) is 11.8 Å². The number of fused-ring (bicyclic) bond motifs is 1. The smallest absolute Gasteiger partial charge is 0.0624 e. The van der Waals surface area contributed by atoms with E-state index in [9.17, 15) is 0 Å². The molecular formula is C14H24O. The van der Waals surface area contributed by atoms with E-state index in [1.165, 1.54) is 25.7 Å². The summed E-state index contributed by atoms with van der Waals surface area (Å²) in [6.45, 7) is 7.47. The van der Waals surface area contributed by atoms with Crippen LogP contribution < -0.4 is 0 Å². The van der Waals surface area contributed by atoms with Gasteiger partial charge in [-0.2, -0.15) is 0 Å². The zero-order valence-electron chi connectivity index (χ0n) is 10.4. The second-order valence-corrected chi connectivity index (χ2v) is 5.76. The first kappa shape index (κ1) is 11.2. The van der Waals surface area contributed by atoms with Crippen LogP contribution in [0.1, 0.15) is 52.9 Å². The molecule has 0 atom stereocenters. The van der Waals surface area contributed by atoms with Gasteiger partial charge in [0, 0.05) is 0 Å². The lowest BCUT2D eigenvalue weighted by Crippen LogP contribution is -2.30. The topological polar surface area (TPSA) is 9.23 Å². The molecule has 0 aromatic heterocycles. The molecule has 2 bridgehead atoms. The minimum atomic E-state index is 0.0668. The van der Waals surface area contributed by atoms with Gasteiger partial charge in [-0.05, 0) is 57.8 Å². The Labute approximate surface area is 93.9 Å². The molecule has 0 aromatic carbocycles. The van der Waals surface area contributed by atoms with Gasteiger partial charge in [-0.25, -0.2) is 0 Å². The number of ether oxygens (including phenoxy) is 1. The van der Waals surface area contributed by atoms with Gasteiger partial charge in [0.2, 0.25) is 0 Å². The standard InChI is InChI=1S/C14H24O/c1-4-14(2,3)15-8-7-12-6-5-11-9-13(12)10-11/h6,11,13H,4-5,7-10H2,1-3H3. The largest absolute Gasteiger partial charge is 0.375 e. The van der Waals surface area contributed by atoms with Crippen LogP contribution in [-0.4, -0.2) is 12.2 Å². The first-order chi connectivity index (χ1) is 7.11. The molecule has 0 aliphatic heterocycles. The van der Waals surface area contributed by atoms with E-state index in [-0.39, 0.29) is 5.60 Å². The monoisotopic (exact) mass is 208 g/mol. The molecule has 3 rings (SSSR count). The summed E-state index contributed by atoms with van der Waals surface area (Å²) < 4.78 is 5.91. The van der Waals surface area contributed by atoms with Gasteiger partial charge in [0.1, 0.15) is 0 Å². The highest BCUT2D eigenvalue weighted by Gasteiger charge is 2.34. The maximum atomic E-state index is 5.91. The quantitative estimate of drug-likeness (QED) is 0.622. The number of hydrogen-bond donors (Lipinski definition) is 0. The molecule has 1 fully saturated rings. The summed E-state index contributed by atoms with van der Waals surface area (Å²) >= 11 is 0. The second-order valence-electron chi connectivity index (χ2n) is 5.76. The van der Waals surface area contributed by atoms with Gasteiger partial charge in [0.05, 0.1) is 12.2 Å². The fraction of sp³-hybridized carbons (Fsp3) is 0.857. The molecule has 0 spiro atoms. The molecular weight excluding hydrogens is 184 g/mol. The van der Waals surface area contributed by atoms with Crippen molar-refractivity contribution in [1.29, 1.82) is 0 Å². The first-order valence-electron chi connectivity index (χ1n) is 6.43. The molecule has 3 aliphatic rings. The van der Waals surface area contributed by atoms with Gasteiger partial charge in [0.25, 0.3) is 0 Å². The van der Waals surface area contributed by atoms with Crippen LogP contribution in [0.4, 0.5) is 0 Å². The van der Waals surface area contributed by atoms with E-state index in [2.05, 4.69) is 26.8 Å². The summed E-state index contributed by atoms with van der Waals surface area (Å²) in [6.07, 6.45) is 9.00. The maximum absolute atomic E-state index is 5.91. The van der Waals surface area contributed by atoms with Crippen molar-refractivity contribution in [3.05, 3.63) is 11.6 Å². The van der Waals surface area contributed by atoms with E-state index in [1.807, 2.05) is 0 Å². The van der Waals surface area contributed by atoms with Crippen LogP contribution in [0.15, 0.2) is 11.6 Å². The fourth-order valence-electron chi connectivity index (χ4n) is 2.57. The van der Waals surface area contributed by atoms with Crippen LogP contribution >= 0.6 is 0 Å². The van der Waals surface area contributed by atoms with Crippen LogP contribution in [0.25, 0.3) is 0 Å². The van der Waals surface area contributed by atoms with Crippen molar-refractivity contribution in [3.63, 3.8) is 0 Å². The summed E-state index contributed by atoms with van der Waals surface area (Å²) in [6, 6.07) is 0. The molecule has 15 heavy (non-hydrogen) atoms. The minimum absolute atomic E-state index is 0.0668. The van der Waals surface area contributed by atoms with E-state index < -0.39 is 0 Å². The van der Waals surface area contributed by atoms with Crippen molar-refractivity contribution in [1.82, 2.24) is 0 Å². The Morgan fingerprint density at radius 3 is 2.67 bits per heavy atom. The van der Waals surface area contributed by atoms with Crippen LogP contribution in [0.5, 0.6) is 0 Å². The lowest BCUT2D eigenvalue weighted by Gasteiger charge is -2.41. The van der Waals surface area contributed by atoms with Crippen LogP contribution in [-0.2, 0) is 4.74 Å². The Morgan fingerprint density at radius 1 is 1.40 bits per heavy atom. The fourth-order valence-corrected chi connectivity index (χ4v) is 2.57. The van der Waals surface area contributed by atoms with Crippen molar-refractivity contribution in [2.24, 2.45) is 11.8 Å². The van der Waals surface area contributed by atoms with E-state index in [1.54, 1.807) is 5.57 Å². The summed E-state index contributed by atoms with van der Waals surface area (Å²) in [5.41, 5.74) is 1.75. The molecule has 3 aliphatic carbocycles. The highest BCUT2D eigenvalue weighted by atomic mass is 16.5. The molecule has 1 heteroatoms. The normalized spacial score (nSPS) is 29.7. The molecule has 0 heterocycles. The molecule has 0 unspecified atom stereocenters. The Bertz CT molecular complexity index is 246. The van der Waals surface area contributed by atoms with Crippen molar-refractivity contribution in [2.75, 3.05) is 6.61 Å². The molecule has 0 amide bonds. The van der Waals surface area contributed by atoms with E-state index >= 15 is 0 Å². The molecule has 0 saturated heterocycles. The Morgan fingerprint density at radius 2 is 2.13 bits per heavy atom. The van der Waals surface area contributed by atoms with Gasteiger partial charge in [0.15, 0.2) is 0 Å². The summed E-state index contributed by atoms with van der Waals surface area (Å²) in [4.78, 5) is 0. The predicted octanol–water partition coefficient (Wildman–Crippen LogP) is 3.94. The lowest BCUT2D eigenvalue weighted by atomic mass is 9.65. The average Bonchev–Trinajstić information content (AvgIpc) is 2.17. The number of rotatable bonds is 5. The van der Waals surface area contributed by atoms with Crippen molar-refractivity contribution in [3.8, 4) is 0 Å². The Kier molecular flexibility index (Phi) is 3.20. The zero-order chi connectivity index (χ0) is 10.9. The van der Waals surface area contributed by atoms with E-state index in [0.29, 0.717) is 0 Å². The highest BCUT2D eigenvalue weighted by molar-refractivity contribution is 5.17. The third-order valence-electron chi connectivity index (χ3n) is 4.21. The summed E-state index contributed by atoms with van der Waals surface area (Å²) in [5.74, 6) is 1.96. The third kappa shape index (κ3) is 2.63. The van der Waals surface area contributed by atoms with Crippen molar-refractivity contribution >= 4 is 0 Å². The van der Waals surface area contributed by atoms with Crippen LogP contribution in [0.3, 0.4) is 0 Å². The summed E-state index contributed by atoms with van der Waals surface area (Å²) in [5, 5.41) is 0. The number of hydrogen-bond acceptors (Lipinski definition) is 1. The first-order valence-corrected chi connectivity index (χ1v) is 6.43. The molecule has 86 valence electrons. The van der Waals surface area contributed by atoms with E-state index in [4.69, 9.17) is 4.74 Å². The minimum Gasteiger partial charge on any atom is -0.375 e. The van der Waals surface area contributed by atoms with Gasteiger partial charge in [-0.1, -0.05) is 18.6 Å². The summed E-state index contributed by atoms with van der Waals surface area (Å²) in [7, 11) is 0. The maximum Gasteiger partial charge on any atom is 0.0624 e. The van der Waals surface area contributed by atoms with E-state index in [0.717, 1.165) is 24.9 Å². The Hall–Kier alpha value is -0.300. The lowest BCUT2D eigenvalue weighted by molar-refractivity contribution is -0.0200. The van der Waals surface area contributed by atoms with Crippen LogP contribution in [0.2, 0.25) is 0 Å². The Balaban J connectivity index is 1.72. The van der Waals surface area contributed by atoms with Crippen molar-refractivity contribution in [2.45, 2.75) is 58.5 Å².